The van der Waals surface area contributed by atoms with Gasteiger partial charge in [-0.1, -0.05) is 52.9 Å². The molecule has 6 heteroatoms. The summed E-state index contributed by atoms with van der Waals surface area (Å²) in [5, 5.41) is 6.19. The van der Waals surface area contributed by atoms with E-state index < -0.39 is 3.42 Å². The van der Waals surface area contributed by atoms with Crippen LogP contribution in [0.5, 0.6) is 5.75 Å². The van der Waals surface area contributed by atoms with Crippen LogP contribution in [-0.2, 0) is 4.79 Å². The van der Waals surface area contributed by atoms with Gasteiger partial charge in [0.25, 0.3) is 0 Å². The lowest BCUT2D eigenvalue weighted by atomic mass is 10.0. The molecule has 0 aliphatic carbocycles. The standard InChI is InChI=1S/C17H15IN2O3/c1-17(18,15-10-19-15)16(21)23-12-7-8-13(14(9-12)20-22)11-5-3-2-4-6-11/h2-9,15,19H,10H2,1H3. The van der Waals surface area contributed by atoms with Crippen LogP contribution in [0.3, 0.4) is 0 Å². The predicted octanol–water partition coefficient (Wildman–Crippen LogP) is 3.82. The van der Waals surface area contributed by atoms with Crippen molar-refractivity contribution in [2.75, 3.05) is 6.54 Å². The maximum Gasteiger partial charge on any atom is 0.328 e. The fraction of sp³-hybridized carbons (Fsp3) is 0.235. The van der Waals surface area contributed by atoms with Crippen LogP contribution in [-0.4, -0.2) is 22.0 Å². The van der Waals surface area contributed by atoms with Crippen molar-refractivity contribution in [3.8, 4) is 16.9 Å². The molecule has 5 nitrogen and oxygen atoms in total. The zero-order valence-corrected chi connectivity index (χ0v) is 14.6. The van der Waals surface area contributed by atoms with Gasteiger partial charge >= 0.3 is 5.97 Å². The fourth-order valence-corrected chi connectivity index (χ4v) is 2.85. The Hall–Kier alpha value is -1.80. The molecule has 23 heavy (non-hydrogen) atoms. The number of esters is 1. The molecule has 2 aromatic carbocycles. The molecule has 1 aliphatic heterocycles. The van der Waals surface area contributed by atoms with Gasteiger partial charge in [-0.3, -0.25) is 4.79 Å². The number of nitrogens with zero attached hydrogens (tertiary/aromatic N) is 1. The smallest absolute Gasteiger partial charge is 0.328 e. The van der Waals surface area contributed by atoms with Gasteiger partial charge < -0.3 is 10.1 Å². The van der Waals surface area contributed by atoms with Crippen LogP contribution >= 0.6 is 22.6 Å². The van der Waals surface area contributed by atoms with Gasteiger partial charge in [-0.05, 0) is 29.8 Å². The first kappa shape index (κ1) is 16.1. The Kier molecular flexibility index (Phi) is 4.45. The van der Waals surface area contributed by atoms with E-state index in [0.717, 1.165) is 12.1 Å². The normalized spacial score (nSPS) is 18.8. The Morgan fingerprint density at radius 2 is 2.00 bits per heavy atom. The number of carbonyl (C=O) groups is 1. The molecule has 0 spiro atoms. The summed E-state index contributed by atoms with van der Waals surface area (Å²) >= 11 is 2.09. The van der Waals surface area contributed by atoms with Crippen molar-refractivity contribution in [3.05, 3.63) is 53.4 Å². The molecular weight excluding hydrogens is 407 g/mol. The highest BCUT2D eigenvalue weighted by atomic mass is 127. The second kappa shape index (κ2) is 6.37. The molecule has 1 aliphatic rings. The third-order valence-corrected chi connectivity index (χ3v) is 5.02. The number of carbonyl (C=O) groups excluding carboxylic acids is 1. The topological polar surface area (TPSA) is 77.7 Å². The monoisotopic (exact) mass is 422 g/mol. The fourth-order valence-electron chi connectivity index (χ4n) is 2.30. The van der Waals surface area contributed by atoms with Crippen LogP contribution in [0.4, 0.5) is 5.69 Å². The minimum Gasteiger partial charge on any atom is -0.425 e. The van der Waals surface area contributed by atoms with Gasteiger partial charge in [0.1, 0.15) is 14.9 Å². The lowest BCUT2D eigenvalue weighted by Gasteiger charge is -2.19. The maximum atomic E-state index is 12.3. The van der Waals surface area contributed by atoms with Crippen LogP contribution < -0.4 is 10.1 Å². The van der Waals surface area contributed by atoms with Crippen molar-refractivity contribution in [2.24, 2.45) is 5.18 Å². The number of nitroso groups, excluding NO2 is 1. The zero-order valence-electron chi connectivity index (χ0n) is 12.5. The van der Waals surface area contributed by atoms with Crippen molar-refractivity contribution in [3.63, 3.8) is 0 Å². The summed E-state index contributed by atoms with van der Waals surface area (Å²) in [6.07, 6.45) is 0. The van der Waals surface area contributed by atoms with Crippen LogP contribution in [0.25, 0.3) is 11.1 Å². The largest absolute Gasteiger partial charge is 0.425 e. The van der Waals surface area contributed by atoms with Crippen LogP contribution in [0.1, 0.15) is 6.92 Å². The molecule has 118 valence electrons. The van der Waals surface area contributed by atoms with E-state index in [1.165, 1.54) is 6.07 Å². The highest BCUT2D eigenvalue weighted by molar-refractivity contribution is 14.1. The minimum atomic E-state index is -0.634. The number of benzene rings is 2. The number of ether oxygens (including phenoxy) is 1. The second-order valence-corrected chi connectivity index (χ2v) is 7.80. The molecule has 3 rings (SSSR count). The Bertz CT molecular complexity index is 743. The van der Waals surface area contributed by atoms with E-state index in [9.17, 15) is 9.70 Å². The van der Waals surface area contributed by atoms with Crippen molar-refractivity contribution >= 4 is 34.2 Å². The maximum absolute atomic E-state index is 12.3. The van der Waals surface area contributed by atoms with Gasteiger partial charge in [0, 0.05) is 24.2 Å². The summed E-state index contributed by atoms with van der Waals surface area (Å²) < 4.78 is 4.79. The summed E-state index contributed by atoms with van der Waals surface area (Å²) in [6.45, 7) is 2.64. The van der Waals surface area contributed by atoms with Gasteiger partial charge in [-0.25, -0.2) is 0 Å². The summed E-state index contributed by atoms with van der Waals surface area (Å²) in [4.78, 5) is 23.4. The van der Waals surface area contributed by atoms with E-state index in [0.29, 0.717) is 11.3 Å². The number of alkyl halides is 1. The summed E-state index contributed by atoms with van der Waals surface area (Å²) in [7, 11) is 0. The molecule has 1 saturated heterocycles. The average Bonchev–Trinajstić information content (AvgIpc) is 3.41. The first-order chi connectivity index (χ1) is 11.0. The van der Waals surface area contributed by atoms with E-state index in [1.54, 1.807) is 12.1 Å². The number of hydrogen-bond donors (Lipinski definition) is 1. The van der Waals surface area contributed by atoms with Gasteiger partial charge in [0.15, 0.2) is 0 Å². The predicted molar refractivity (Wildman–Crippen MR) is 97.2 cm³/mol. The van der Waals surface area contributed by atoms with Crippen LogP contribution in [0.15, 0.2) is 53.7 Å². The van der Waals surface area contributed by atoms with Gasteiger partial charge in [0.2, 0.25) is 0 Å². The van der Waals surface area contributed by atoms with Crippen LogP contribution in [0.2, 0.25) is 0 Å². The third-order valence-electron chi connectivity index (χ3n) is 3.82. The Balaban J connectivity index is 1.85. The zero-order chi connectivity index (χ0) is 16.4. The molecule has 0 amide bonds. The van der Waals surface area contributed by atoms with E-state index in [4.69, 9.17) is 4.74 Å². The first-order valence-electron chi connectivity index (χ1n) is 7.20. The highest BCUT2D eigenvalue weighted by Gasteiger charge is 2.46. The molecule has 2 atom stereocenters. The average molecular weight is 422 g/mol. The highest BCUT2D eigenvalue weighted by Crippen LogP contribution is 2.35. The lowest BCUT2D eigenvalue weighted by molar-refractivity contribution is -0.136. The Morgan fingerprint density at radius 1 is 1.30 bits per heavy atom. The molecule has 0 radical (unpaired) electrons. The summed E-state index contributed by atoms with van der Waals surface area (Å²) in [5.74, 6) is -0.00904. The van der Waals surface area contributed by atoms with E-state index in [2.05, 4.69) is 33.1 Å². The van der Waals surface area contributed by atoms with Crippen molar-refractivity contribution < 1.29 is 9.53 Å². The summed E-state index contributed by atoms with van der Waals surface area (Å²) in [5.41, 5.74) is 1.85. The lowest BCUT2D eigenvalue weighted by Crippen LogP contribution is -2.39. The second-order valence-electron chi connectivity index (χ2n) is 5.56. The number of rotatable bonds is 5. The molecule has 0 bridgehead atoms. The number of nitrogens with one attached hydrogen (secondary N) is 1. The number of halogens is 1. The van der Waals surface area contributed by atoms with E-state index >= 15 is 0 Å². The summed E-state index contributed by atoms with van der Waals surface area (Å²) in [6, 6.07) is 14.5. The quantitative estimate of drug-likeness (QED) is 0.199. The van der Waals surface area contributed by atoms with E-state index in [-0.39, 0.29) is 17.7 Å². The van der Waals surface area contributed by atoms with Crippen molar-refractivity contribution in [2.45, 2.75) is 16.4 Å². The molecule has 0 aromatic heterocycles. The molecular formula is C17H15IN2O3. The molecule has 1 fully saturated rings. The van der Waals surface area contributed by atoms with Gasteiger partial charge in [-0.2, -0.15) is 0 Å². The molecule has 2 unspecified atom stereocenters. The Morgan fingerprint density at radius 3 is 2.61 bits per heavy atom. The minimum absolute atomic E-state index is 0.128. The Labute approximate surface area is 147 Å². The van der Waals surface area contributed by atoms with Gasteiger partial charge in [0.05, 0.1) is 0 Å². The molecule has 1 N–H and O–H groups in total. The van der Waals surface area contributed by atoms with Gasteiger partial charge in [-0.15, -0.1) is 4.91 Å². The molecule has 2 aromatic rings. The SMILES string of the molecule is CC(I)(C(=O)Oc1ccc(-c2ccccc2)c(N=O)c1)C1CN1. The van der Waals surface area contributed by atoms with Crippen molar-refractivity contribution in [1.82, 2.24) is 5.32 Å². The van der Waals surface area contributed by atoms with E-state index in [1.807, 2.05) is 37.3 Å². The number of hydrogen-bond acceptors (Lipinski definition) is 5. The van der Waals surface area contributed by atoms with Crippen LogP contribution in [0, 0.1) is 4.91 Å². The molecule has 1 heterocycles. The first-order valence-corrected chi connectivity index (χ1v) is 8.27. The molecule has 0 saturated carbocycles. The third kappa shape index (κ3) is 3.42. The van der Waals surface area contributed by atoms with Crippen molar-refractivity contribution in [1.29, 1.82) is 0 Å².